The second kappa shape index (κ2) is 6.33. The molecule has 0 heterocycles. The highest BCUT2D eigenvalue weighted by Crippen LogP contribution is 2.17. The van der Waals surface area contributed by atoms with Gasteiger partial charge in [0.1, 0.15) is 5.75 Å². The van der Waals surface area contributed by atoms with Gasteiger partial charge in [-0.2, -0.15) is 0 Å². The van der Waals surface area contributed by atoms with E-state index in [-0.39, 0.29) is 0 Å². The Hall–Kier alpha value is -1.28. The lowest BCUT2D eigenvalue weighted by molar-refractivity contribution is 0.414. The van der Waals surface area contributed by atoms with Gasteiger partial charge in [-0.15, -0.1) is 0 Å². The molecule has 1 aromatic rings. The van der Waals surface area contributed by atoms with E-state index in [1.165, 1.54) is 11.1 Å². The Balaban J connectivity index is 2.52. The zero-order valence-corrected chi connectivity index (χ0v) is 10.4. The summed E-state index contributed by atoms with van der Waals surface area (Å²) in [6.45, 7) is 9.15. The van der Waals surface area contributed by atoms with Crippen LogP contribution in [0.5, 0.6) is 5.75 Å². The minimum absolute atomic E-state index is 0.342. The highest BCUT2D eigenvalue weighted by molar-refractivity contribution is 5.28. The summed E-state index contributed by atoms with van der Waals surface area (Å²) in [5, 5.41) is 3.45. The van der Waals surface area contributed by atoms with Gasteiger partial charge in [0.25, 0.3) is 0 Å². The van der Waals surface area contributed by atoms with Gasteiger partial charge < -0.3 is 10.1 Å². The predicted molar refractivity (Wildman–Crippen MR) is 68.8 cm³/mol. The second-order valence-electron chi connectivity index (χ2n) is 3.98. The molecule has 0 bridgehead atoms. The minimum atomic E-state index is 0.342. The van der Waals surface area contributed by atoms with E-state index < -0.39 is 0 Å². The smallest absolute Gasteiger partial charge is 0.118 e. The van der Waals surface area contributed by atoms with E-state index in [1.807, 2.05) is 12.1 Å². The topological polar surface area (TPSA) is 21.3 Å². The summed E-state index contributed by atoms with van der Waals surface area (Å²) in [5.41, 5.74) is 2.50. The zero-order chi connectivity index (χ0) is 12.0. The number of hydrogen-bond acceptors (Lipinski definition) is 2. The van der Waals surface area contributed by atoms with Crippen LogP contribution in [0.2, 0.25) is 0 Å². The first kappa shape index (κ1) is 12.8. The predicted octanol–water partition coefficient (Wildman–Crippen LogP) is 3.31. The van der Waals surface area contributed by atoms with E-state index in [9.17, 15) is 0 Å². The highest BCUT2D eigenvalue weighted by atomic mass is 16.5. The van der Waals surface area contributed by atoms with Crippen molar-refractivity contribution in [3.05, 3.63) is 42.0 Å². The number of nitrogens with one attached hydrogen (secondary N) is 1. The molecule has 0 radical (unpaired) electrons. The Bertz CT molecular complexity index is 329. The van der Waals surface area contributed by atoms with E-state index in [4.69, 9.17) is 4.74 Å². The lowest BCUT2D eigenvalue weighted by Crippen LogP contribution is -2.20. The second-order valence-corrected chi connectivity index (χ2v) is 3.98. The third kappa shape index (κ3) is 3.70. The highest BCUT2D eigenvalue weighted by Gasteiger charge is 2.04. The summed E-state index contributed by atoms with van der Waals surface area (Å²) in [6, 6.07) is 8.50. The average Bonchev–Trinajstić information content (AvgIpc) is 2.35. The van der Waals surface area contributed by atoms with E-state index in [0.29, 0.717) is 6.04 Å². The van der Waals surface area contributed by atoms with Crippen molar-refractivity contribution in [2.24, 2.45) is 0 Å². The number of ether oxygens (including phenoxy) is 1. The molecular weight excluding hydrogens is 198 g/mol. The van der Waals surface area contributed by atoms with Crippen LogP contribution in [-0.4, -0.2) is 13.7 Å². The molecule has 0 aliphatic rings. The largest absolute Gasteiger partial charge is 0.497 e. The molecule has 16 heavy (non-hydrogen) atoms. The van der Waals surface area contributed by atoms with Crippen molar-refractivity contribution in [1.29, 1.82) is 0 Å². The maximum absolute atomic E-state index is 5.13. The van der Waals surface area contributed by atoms with Crippen LogP contribution < -0.4 is 10.1 Å². The Morgan fingerprint density at radius 2 is 2.00 bits per heavy atom. The van der Waals surface area contributed by atoms with Crippen molar-refractivity contribution in [2.45, 2.75) is 26.3 Å². The van der Waals surface area contributed by atoms with Crippen LogP contribution in [0.1, 0.15) is 31.9 Å². The molecule has 0 aliphatic heterocycles. The summed E-state index contributed by atoms with van der Waals surface area (Å²) in [5.74, 6) is 0.897. The number of hydrogen-bond donors (Lipinski definition) is 1. The van der Waals surface area contributed by atoms with Gasteiger partial charge in [0.15, 0.2) is 0 Å². The molecule has 0 amide bonds. The Kier molecular flexibility index (Phi) is 5.06. The van der Waals surface area contributed by atoms with Gasteiger partial charge in [-0.05, 0) is 31.0 Å². The van der Waals surface area contributed by atoms with E-state index in [0.717, 1.165) is 18.7 Å². The zero-order valence-electron chi connectivity index (χ0n) is 10.4. The van der Waals surface area contributed by atoms with E-state index >= 15 is 0 Å². The molecule has 1 aromatic carbocycles. The lowest BCUT2D eigenvalue weighted by Gasteiger charge is -2.15. The molecule has 0 unspecified atom stereocenters. The normalized spacial score (nSPS) is 12.2. The maximum Gasteiger partial charge on any atom is 0.118 e. The first-order chi connectivity index (χ1) is 7.67. The molecule has 0 saturated heterocycles. The first-order valence-electron chi connectivity index (χ1n) is 5.71. The molecule has 0 spiro atoms. The van der Waals surface area contributed by atoms with Gasteiger partial charge >= 0.3 is 0 Å². The SMILES string of the molecule is C=C(CC)CN[C@H](C)c1ccc(OC)cc1. The number of rotatable bonds is 6. The van der Waals surface area contributed by atoms with Crippen molar-refractivity contribution in [3.8, 4) is 5.75 Å². The Labute approximate surface area is 98.3 Å². The Morgan fingerprint density at radius 3 is 2.50 bits per heavy atom. The van der Waals surface area contributed by atoms with Crippen molar-refractivity contribution in [2.75, 3.05) is 13.7 Å². The number of methoxy groups -OCH3 is 1. The van der Waals surface area contributed by atoms with Crippen LogP contribution in [0.3, 0.4) is 0 Å². The van der Waals surface area contributed by atoms with Crippen molar-refractivity contribution in [3.63, 3.8) is 0 Å². The first-order valence-corrected chi connectivity index (χ1v) is 5.71. The number of benzene rings is 1. The average molecular weight is 219 g/mol. The third-order valence-corrected chi connectivity index (χ3v) is 2.77. The van der Waals surface area contributed by atoms with E-state index in [1.54, 1.807) is 7.11 Å². The molecule has 1 rings (SSSR count). The summed E-state index contributed by atoms with van der Waals surface area (Å²) in [7, 11) is 1.68. The molecule has 88 valence electrons. The summed E-state index contributed by atoms with van der Waals surface area (Å²) in [4.78, 5) is 0. The quantitative estimate of drug-likeness (QED) is 0.741. The Morgan fingerprint density at radius 1 is 1.38 bits per heavy atom. The van der Waals surface area contributed by atoms with Gasteiger partial charge in [0.2, 0.25) is 0 Å². The fourth-order valence-corrected chi connectivity index (χ4v) is 1.43. The molecule has 2 nitrogen and oxygen atoms in total. The van der Waals surface area contributed by atoms with E-state index in [2.05, 4.69) is 37.9 Å². The molecule has 2 heteroatoms. The van der Waals surface area contributed by atoms with Crippen molar-refractivity contribution < 1.29 is 4.74 Å². The molecular formula is C14H21NO. The molecule has 0 saturated carbocycles. The van der Waals surface area contributed by atoms with Crippen molar-refractivity contribution in [1.82, 2.24) is 5.32 Å². The van der Waals surface area contributed by atoms with Gasteiger partial charge in [0.05, 0.1) is 7.11 Å². The van der Waals surface area contributed by atoms with Crippen LogP contribution in [0.25, 0.3) is 0 Å². The minimum Gasteiger partial charge on any atom is -0.497 e. The summed E-state index contributed by atoms with van der Waals surface area (Å²) < 4.78 is 5.13. The summed E-state index contributed by atoms with van der Waals surface area (Å²) in [6.07, 6.45) is 1.03. The molecule has 0 aliphatic carbocycles. The van der Waals surface area contributed by atoms with Gasteiger partial charge in [-0.3, -0.25) is 0 Å². The van der Waals surface area contributed by atoms with Crippen molar-refractivity contribution >= 4 is 0 Å². The fraction of sp³-hybridized carbons (Fsp3) is 0.429. The van der Waals surface area contributed by atoms with Crippen LogP contribution in [0.15, 0.2) is 36.4 Å². The summed E-state index contributed by atoms with van der Waals surface area (Å²) >= 11 is 0. The molecule has 1 atom stereocenters. The van der Waals surface area contributed by atoms with Crippen LogP contribution in [-0.2, 0) is 0 Å². The van der Waals surface area contributed by atoms with Gasteiger partial charge in [-0.25, -0.2) is 0 Å². The standard InChI is InChI=1S/C14H21NO/c1-5-11(2)10-15-12(3)13-6-8-14(16-4)9-7-13/h6-9,12,15H,2,5,10H2,1,3-4H3/t12-/m1/s1. The van der Waals surface area contributed by atoms with Gasteiger partial charge in [0, 0.05) is 12.6 Å². The monoisotopic (exact) mass is 219 g/mol. The fourth-order valence-electron chi connectivity index (χ4n) is 1.43. The molecule has 0 aromatic heterocycles. The third-order valence-electron chi connectivity index (χ3n) is 2.77. The molecule has 0 fully saturated rings. The van der Waals surface area contributed by atoms with Crippen LogP contribution >= 0.6 is 0 Å². The maximum atomic E-state index is 5.13. The lowest BCUT2D eigenvalue weighted by atomic mass is 10.1. The van der Waals surface area contributed by atoms with Gasteiger partial charge in [-0.1, -0.05) is 31.2 Å². The molecule has 1 N–H and O–H groups in total. The van der Waals surface area contributed by atoms with Crippen LogP contribution in [0.4, 0.5) is 0 Å². The van der Waals surface area contributed by atoms with Crippen LogP contribution in [0, 0.1) is 0 Å².